The molecule has 0 radical (unpaired) electrons. The summed E-state index contributed by atoms with van der Waals surface area (Å²) in [5.74, 6) is 0.0206. The molecule has 1 aliphatic carbocycles. The van der Waals surface area contributed by atoms with Crippen LogP contribution in [0.4, 0.5) is 0 Å². The number of carbonyl (C=O) groups is 1. The maximum absolute atomic E-state index is 12.3. The molecule has 1 aliphatic rings. The van der Waals surface area contributed by atoms with Crippen LogP contribution in [0.5, 0.6) is 0 Å². The van der Waals surface area contributed by atoms with Crippen LogP contribution >= 0.6 is 0 Å². The van der Waals surface area contributed by atoms with Gasteiger partial charge in [0.1, 0.15) is 0 Å². The van der Waals surface area contributed by atoms with Crippen LogP contribution in [0.2, 0.25) is 0 Å². The minimum absolute atomic E-state index is 0.0206. The first-order valence-electron chi connectivity index (χ1n) is 8.77. The Balaban J connectivity index is 2.02. The molecule has 3 rings (SSSR count). The number of amides is 1. The van der Waals surface area contributed by atoms with Crippen LogP contribution in [0.15, 0.2) is 18.3 Å². The standard InChI is InChI=1S/C19H27N3O/c1-4-8-22(9-5-2)14-10-13-12-21-17-7-6-15(19(23)20-3)16(11-14)18(13)17/h6-7,12,14,21H,4-5,8-11H2,1-3H3,(H,20,23). The van der Waals surface area contributed by atoms with Crippen molar-refractivity contribution in [3.63, 3.8) is 0 Å². The minimum Gasteiger partial charge on any atom is -0.361 e. The first-order valence-corrected chi connectivity index (χ1v) is 8.77. The first kappa shape index (κ1) is 16.1. The summed E-state index contributed by atoms with van der Waals surface area (Å²) in [6.07, 6.45) is 6.51. The van der Waals surface area contributed by atoms with Crippen molar-refractivity contribution in [2.24, 2.45) is 0 Å². The average Bonchev–Trinajstić information content (AvgIpc) is 2.98. The molecule has 1 unspecified atom stereocenters. The van der Waals surface area contributed by atoms with Gasteiger partial charge < -0.3 is 10.3 Å². The lowest BCUT2D eigenvalue weighted by atomic mass is 9.85. The van der Waals surface area contributed by atoms with E-state index in [4.69, 9.17) is 0 Å². The van der Waals surface area contributed by atoms with Crippen LogP contribution in [0.25, 0.3) is 10.9 Å². The average molecular weight is 313 g/mol. The van der Waals surface area contributed by atoms with Crippen LogP contribution in [0.3, 0.4) is 0 Å². The quantitative estimate of drug-likeness (QED) is 0.861. The molecule has 1 amide bonds. The summed E-state index contributed by atoms with van der Waals surface area (Å²) in [4.78, 5) is 18.3. The third kappa shape index (κ3) is 2.88. The number of nitrogens with one attached hydrogen (secondary N) is 2. The van der Waals surface area contributed by atoms with Gasteiger partial charge in [-0.25, -0.2) is 0 Å². The molecule has 0 fully saturated rings. The van der Waals surface area contributed by atoms with Gasteiger partial charge in [-0.1, -0.05) is 13.8 Å². The number of aromatic amines is 1. The Morgan fingerprint density at radius 2 is 2.00 bits per heavy atom. The predicted octanol–water partition coefficient (Wildman–Crippen LogP) is 3.12. The molecule has 0 aliphatic heterocycles. The fourth-order valence-corrected chi connectivity index (χ4v) is 3.96. The van der Waals surface area contributed by atoms with Gasteiger partial charge in [-0.15, -0.1) is 0 Å². The van der Waals surface area contributed by atoms with Crippen LogP contribution in [0.1, 0.15) is 48.2 Å². The Hall–Kier alpha value is -1.81. The van der Waals surface area contributed by atoms with Crippen molar-refractivity contribution >= 4 is 16.8 Å². The Morgan fingerprint density at radius 3 is 2.65 bits per heavy atom. The molecule has 0 saturated heterocycles. The summed E-state index contributed by atoms with van der Waals surface area (Å²) >= 11 is 0. The fraction of sp³-hybridized carbons (Fsp3) is 0.526. The van der Waals surface area contributed by atoms with Crippen LogP contribution in [0, 0.1) is 0 Å². The normalized spacial score (nSPS) is 17.0. The van der Waals surface area contributed by atoms with Crippen molar-refractivity contribution in [1.29, 1.82) is 0 Å². The van der Waals surface area contributed by atoms with Crippen molar-refractivity contribution in [3.05, 3.63) is 35.0 Å². The number of rotatable bonds is 6. The number of hydrogen-bond acceptors (Lipinski definition) is 2. The molecule has 1 atom stereocenters. The Bertz CT molecular complexity index is 698. The van der Waals surface area contributed by atoms with E-state index in [1.165, 1.54) is 29.4 Å². The Labute approximate surface area is 138 Å². The van der Waals surface area contributed by atoms with Crippen LogP contribution < -0.4 is 5.32 Å². The van der Waals surface area contributed by atoms with E-state index in [9.17, 15) is 4.79 Å². The number of aromatic nitrogens is 1. The molecular weight excluding hydrogens is 286 g/mol. The summed E-state index contributed by atoms with van der Waals surface area (Å²) < 4.78 is 0. The van der Waals surface area contributed by atoms with E-state index in [2.05, 4.69) is 35.2 Å². The molecular formula is C19H27N3O. The second-order valence-corrected chi connectivity index (χ2v) is 6.51. The number of carbonyl (C=O) groups excluding carboxylic acids is 1. The smallest absolute Gasteiger partial charge is 0.251 e. The lowest BCUT2D eigenvalue weighted by molar-refractivity contribution is 0.0961. The molecule has 0 bridgehead atoms. The zero-order chi connectivity index (χ0) is 16.4. The van der Waals surface area contributed by atoms with Gasteiger partial charge in [0.15, 0.2) is 0 Å². The van der Waals surface area contributed by atoms with Crippen molar-refractivity contribution < 1.29 is 4.79 Å². The Kier molecular flexibility index (Phi) is 4.71. The van der Waals surface area contributed by atoms with Crippen molar-refractivity contribution in [2.45, 2.75) is 45.6 Å². The summed E-state index contributed by atoms with van der Waals surface area (Å²) in [7, 11) is 1.71. The predicted molar refractivity (Wildman–Crippen MR) is 95.0 cm³/mol. The summed E-state index contributed by atoms with van der Waals surface area (Å²) in [6, 6.07) is 4.49. The van der Waals surface area contributed by atoms with E-state index in [1.54, 1.807) is 7.05 Å². The van der Waals surface area contributed by atoms with Gasteiger partial charge in [0, 0.05) is 35.8 Å². The molecule has 2 N–H and O–H groups in total. The van der Waals surface area contributed by atoms with Gasteiger partial charge in [-0.3, -0.25) is 9.69 Å². The molecule has 1 aromatic carbocycles. The van der Waals surface area contributed by atoms with Crippen molar-refractivity contribution in [1.82, 2.24) is 15.2 Å². The number of benzene rings is 1. The number of hydrogen-bond donors (Lipinski definition) is 2. The van der Waals surface area contributed by atoms with E-state index < -0.39 is 0 Å². The van der Waals surface area contributed by atoms with E-state index >= 15 is 0 Å². The summed E-state index contributed by atoms with van der Waals surface area (Å²) in [5.41, 5.74) is 4.55. The van der Waals surface area contributed by atoms with Crippen LogP contribution in [-0.4, -0.2) is 42.0 Å². The topological polar surface area (TPSA) is 48.1 Å². The van der Waals surface area contributed by atoms with Gasteiger partial charge in [-0.05, 0) is 62.0 Å². The summed E-state index contributed by atoms with van der Waals surface area (Å²) in [6.45, 7) is 6.74. The molecule has 2 aromatic rings. The lowest BCUT2D eigenvalue weighted by Crippen LogP contribution is -2.41. The van der Waals surface area contributed by atoms with Crippen molar-refractivity contribution in [2.75, 3.05) is 20.1 Å². The Morgan fingerprint density at radius 1 is 1.26 bits per heavy atom. The first-order chi connectivity index (χ1) is 11.2. The van der Waals surface area contributed by atoms with E-state index in [-0.39, 0.29) is 5.91 Å². The third-order valence-electron chi connectivity index (χ3n) is 4.94. The van der Waals surface area contributed by atoms with Gasteiger partial charge in [-0.2, -0.15) is 0 Å². The molecule has 0 spiro atoms. The van der Waals surface area contributed by atoms with E-state index in [1.807, 2.05) is 12.1 Å². The molecule has 1 heterocycles. The van der Waals surface area contributed by atoms with E-state index in [0.717, 1.165) is 37.0 Å². The molecule has 124 valence electrons. The van der Waals surface area contributed by atoms with Gasteiger partial charge in [0.25, 0.3) is 5.91 Å². The molecule has 4 nitrogen and oxygen atoms in total. The fourth-order valence-electron chi connectivity index (χ4n) is 3.96. The zero-order valence-electron chi connectivity index (χ0n) is 14.4. The monoisotopic (exact) mass is 313 g/mol. The third-order valence-corrected chi connectivity index (χ3v) is 4.94. The van der Waals surface area contributed by atoms with E-state index in [0.29, 0.717) is 6.04 Å². The second-order valence-electron chi connectivity index (χ2n) is 6.51. The second kappa shape index (κ2) is 6.75. The minimum atomic E-state index is 0.0206. The zero-order valence-corrected chi connectivity index (χ0v) is 14.4. The highest BCUT2D eigenvalue weighted by atomic mass is 16.1. The number of nitrogens with zero attached hydrogens (tertiary/aromatic N) is 1. The largest absolute Gasteiger partial charge is 0.361 e. The summed E-state index contributed by atoms with van der Waals surface area (Å²) in [5, 5.41) is 4.06. The molecule has 0 saturated carbocycles. The molecule has 1 aromatic heterocycles. The highest BCUT2D eigenvalue weighted by Crippen LogP contribution is 2.33. The molecule has 23 heavy (non-hydrogen) atoms. The van der Waals surface area contributed by atoms with Gasteiger partial charge >= 0.3 is 0 Å². The van der Waals surface area contributed by atoms with Crippen LogP contribution in [-0.2, 0) is 12.8 Å². The maximum Gasteiger partial charge on any atom is 0.251 e. The highest BCUT2D eigenvalue weighted by Gasteiger charge is 2.28. The lowest BCUT2D eigenvalue weighted by Gasteiger charge is -2.34. The van der Waals surface area contributed by atoms with Crippen molar-refractivity contribution in [3.8, 4) is 0 Å². The molecule has 4 heteroatoms. The van der Waals surface area contributed by atoms with Gasteiger partial charge in [0.05, 0.1) is 0 Å². The maximum atomic E-state index is 12.3. The van der Waals surface area contributed by atoms with Gasteiger partial charge in [0.2, 0.25) is 0 Å². The SMILES string of the molecule is CCCN(CCC)C1Cc2c[nH]c3ccc(C(=O)NC)c(c23)C1. The highest BCUT2D eigenvalue weighted by molar-refractivity contribution is 6.02. The number of H-pyrrole nitrogens is 1.